The summed E-state index contributed by atoms with van der Waals surface area (Å²) < 4.78 is 51.3. The van der Waals surface area contributed by atoms with Crippen LogP contribution in [-0.2, 0) is 0 Å². The summed E-state index contributed by atoms with van der Waals surface area (Å²) in [5.41, 5.74) is -0.559. The quantitative estimate of drug-likeness (QED) is 0.725. The number of halogens is 4. The summed E-state index contributed by atoms with van der Waals surface area (Å²) in [5, 5.41) is 0. The predicted octanol–water partition coefficient (Wildman–Crippen LogP) is 3.96. The predicted molar refractivity (Wildman–Crippen MR) is 54.5 cm³/mol. The van der Waals surface area contributed by atoms with Gasteiger partial charge in [-0.2, -0.15) is 0 Å². The number of alkyl halides is 2. The van der Waals surface area contributed by atoms with Gasteiger partial charge in [0.15, 0.2) is 0 Å². The molecule has 0 saturated carbocycles. The molecule has 1 nitrogen and oxygen atoms in total. The summed E-state index contributed by atoms with van der Waals surface area (Å²) in [6.45, 7) is 0. The van der Waals surface area contributed by atoms with Gasteiger partial charge in [0.1, 0.15) is 17.3 Å². The number of rotatable bonds is 2. The van der Waals surface area contributed by atoms with Crippen molar-refractivity contribution < 1.29 is 17.6 Å². The lowest BCUT2D eigenvalue weighted by Gasteiger charge is -2.05. The number of hydrogen-bond donors (Lipinski definition) is 0. The van der Waals surface area contributed by atoms with Crippen LogP contribution >= 0.6 is 0 Å². The van der Waals surface area contributed by atoms with Crippen molar-refractivity contribution in [2.75, 3.05) is 0 Å². The number of benzene rings is 1. The fourth-order valence-corrected chi connectivity index (χ4v) is 1.46. The van der Waals surface area contributed by atoms with Gasteiger partial charge in [-0.1, -0.05) is 12.1 Å². The van der Waals surface area contributed by atoms with Gasteiger partial charge in [0.25, 0.3) is 6.43 Å². The molecular formula is C12H7F4N. The lowest BCUT2D eigenvalue weighted by molar-refractivity contribution is 0.146. The largest absolute Gasteiger partial charge is 0.280 e. The maximum Gasteiger partial charge on any atom is 0.280 e. The Hall–Kier alpha value is -1.91. The lowest BCUT2D eigenvalue weighted by Crippen LogP contribution is -1.93. The molecule has 88 valence electrons. The zero-order chi connectivity index (χ0) is 12.4. The second-order valence-corrected chi connectivity index (χ2v) is 3.37. The fourth-order valence-electron chi connectivity index (χ4n) is 1.46. The SMILES string of the molecule is Fc1cccc(F)c1-c1ccc(C(F)F)nc1. The van der Waals surface area contributed by atoms with E-state index < -0.39 is 23.8 Å². The van der Waals surface area contributed by atoms with E-state index in [2.05, 4.69) is 4.98 Å². The monoisotopic (exact) mass is 241 g/mol. The van der Waals surface area contributed by atoms with Crippen molar-refractivity contribution in [1.29, 1.82) is 0 Å². The summed E-state index contributed by atoms with van der Waals surface area (Å²) >= 11 is 0. The van der Waals surface area contributed by atoms with Crippen molar-refractivity contribution in [2.24, 2.45) is 0 Å². The molecule has 0 unspecified atom stereocenters. The van der Waals surface area contributed by atoms with Gasteiger partial charge in [-0.25, -0.2) is 17.6 Å². The molecule has 2 rings (SSSR count). The van der Waals surface area contributed by atoms with Crippen molar-refractivity contribution in [2.45, 2.75) is 6.43 Å². The van der Waals surface area contributed by atoms with Gasteiger partial charge in [0.2, 0.25) is 0 Å². The smallest absolute Gasteiger partial charge is 0.255 e. The minimum atomic E-state index is -2.70. The molecule has 0 spiro atoms. The number of aromatic nitrogens is 1. The van der Waals surface area contributed by atoms with Gasteiger partial charge in [-0.15, -0.1) is 0 Å². The molecule has 0 aliphatic rings. The third kappa shape index (κ3) is 2.27. The lowest BCUT2D eigenvalue weighted by atomic mass is 10.1. The molecule has 0 aliphatic heterocycles. The van der Waals surface area contributed by atoms with E-state index >= 15 is 0 Å². The maximum absolute atomic E-state index is 13.4. The van der Waals surface area contributed by atoms with Crippen LogP contribution in [0.5, 0.6) is 0 Å². The van der Waals surface area contributed by atoms with Crippen LogP contribution in [0.2, 0.25) is 0 Å². The maximum atomic E-state index is 13.4. The van der Waals surface area contributed by atoms with E-state index in [1.54, 1.807) is 0 Å². The molecule has 0 atom stereocenters. The average Bonchev–Trinajstić information content (AvgIpc) is 2.29. The van der Waals surface area contributed by atoms with Gasteiger partial charge in [0, 0.05) is 11.8 Å². The molecule has 0 amide bonds. The van der Waals surface area contributed by atoms with Gasteiger partial charge < -0.3 is 0 Å². The first-order valence-corrected chi connectivity index (χ1v) is 4.78. The average molecular weight is 241 g/mol. The summed E-state index contributed by atoms with van der Waals surface area (Å²) in [6, 6.07) is 5.69. The molecule has 1 heterocycles. The molecule has 1 aromatic heterocycles. The molecule has 0 fully saturated rings. The van der Waals surface area contributed by atoms with Gasteiger partial charge in [-0.05, 0) is 18.2 Å². The van der Waals surface area contributed by atoms with E-state index in [4.69, 9.17) is 0 Å². The third-order valence-corrected chi connectivity index (χ3v) is 2.26. The highest BCUT2D eigenvalue weighted by Crippen LogP contribution is 2.26. The Labute approximate surface area is 94.7 Å². The van der Waals surface area contributed by atoms with Crippen molar-refractivity contribution >= 4 is 0 Å². The second-order valence-electron chi connectivity index (χ2n) is 3.37. The van der Waals surface area contributed by atoms with E-state index in [9.17, 15) is 17.6 Å². The number of pyridine rings is 1. The summed E-state index contributed by atoms with van der Waals surface area (Å²) in [6.07, 6.45) is -1.67. The Kier molecular flexibility index (Phi) is 3.08. The Bertz CT molecular complexity index is 502. The highest BCUT2D eigenvalue weighted by molar-refractivity contribution is 5.63. The summed E-state index contributed by atoms with van der Waals surface area (Å²) in [4.78, 5) is 3.45. The second kappa shape index (κ2) is 4.53. The van der Waals surface area contributed by atoms with E-state index in [-0.39, 0.29) is 11.1 Å². The van der Waals surface area contributed by atoms with Crippen LogP contribution in [0.15, 0.2) is 36.5 Å². The van der Waals surface area contributed by atoms with Crippen LogP contribution in [0, 0.1) is 11.6 Å². The molecular weight excluding hydrogens is 234 g/mol. The fraction of sp³-hybridized carbons (Fsp3) is 0.0833. The summed E-state index contributed by atoms with van der Waals surface area (Å²) in [7, 11) is 0. The number of hydrogen-bond acceptors (Lipinski definition) is 1. The van der Waals surface area contributed by atoms with E-state index in [0.717, 1.165) is 24.4 Å². The molecule has 0 bridgehead atoms. The Morgan fingerprint density at radius 3 is 2.06 bits per heavy atom. The molecule has 0 radical (unpaired) electrons. The third-order valence-electron chi connectivity index (χ3n) is 2.26. The molecule has 5 heteroatoms. The van der Waals surface area contributed by atoms with Crippen LogP contribution in [0.3, 0.4) is 0 Å². The van der Waals surface area contributed by atoms with Crippen LogP contribution in [-0.4, -0.2) is 4.98 Å². The first-order valence-electron chi connectivity index (χ1n) is 4.78. The summed E-state index contributed by atoms with van der Waals surface area (Å²) in [5.74, 6) is -1.51. The van der Waals surface area contributed by atoms with Crippen molar-refractivity contribution in [3.8, 4) is 11.1 Å². The zero-order valence-corrected chi connectivity index (χ0v) is 8.50. The Morgan fingerprint density at radius 1 is 0.941 bits per heavy atom. The Balaban J connectivity index is 2.47. The van der Waals surface area contributed by atoms with Crippen molar-refractivity contribution in [3.63, 3.8) is 0 Å². The Morgan fingerprint density at radius 2 is 1.59 bits per heavy atom. The normalized spacial score (nSPS) is 10.9. The van der Waals surface area contributed by atoms with E-state index in [1.165, 1.54) is 12.1 Å². The van der Waals surface area contributed by atoms with Gasteiger partial charge >= 0.3 is 0 Å². The number of nitrogens with zero attached hydrogens (tertiary/aromatic N) is 1. The first kappa shape index (κ1) is 11.6. The topological polar surface area (TPSA) is 12.9 Å². The van der Waals surface area contributed by atoms with Crippen LogP contribution < -0.4 is 0 Å². The highest BCUT2D eigenvalue weighted by Gasteiger charge is 2.13. The van der Waals surface area contributed by atoms with Crippen LogP contribution in [0.4, 0.5) is 17.6 Å². The van der Waals surface area contributed by atoms with Crippen molar-refractivity contribution in [1.82, 2.24) is 4.98 Å². The minimum Gasteiger partial charge on any atom is -0.255 e. The zero-order valence-electron chi connectivity index (χ0n) is 8.50. The molecule has 2 aromatic rings. The van der Waals surface area contributed by atoms with Crippen molar-refractivity contribution in [3.05, 3.63) is 53.9 Å². The molecule has 0 saturated heterocycles. The standard InChI is InChI=1S/C12H7F4N/c13-8-2-1-3-9(14)11(8)7-4-5-10(12(15)16)17-6-7/h1-6,12H. The molecule has 0 aliphatic carbocycles. The highest BCUT2D eigenvalue weighted by atomic mass is 19.3. The van der Waals surface area contributed by atoms with Crippen LogP contribution in [0.1, 0.15) is 12.1 Å². The van der Waals surface area contributed by atoms with Gasteiger partial charge in [-0.3, -0.25) is 4.98 Å². The minimum absolute atomic E-state index is 0.130. The molecule has 0 N–H and O–H groups in total. The first-order chi connectivity index (χ1) is 8.09. The molecule has 17 heavy (non-hydrogen) atoms. The van der Waals surface area contributed by atoms with Gasteiger partial charge in [0.05, 0.1) is 5.56 Å². The van der Waals surface area contributed by atoms with E-state index in [1.807, 2.05) is 0 Å². The molecule has 1 aromatic carbocycles. The van der Waals surface area contributed by atoms with Crippen LogP contribution in [0.25, 0.3) is 11.1 Å². The van der Waals surface area contributed by atoms with E-state index in [0.29, 0.717) is 0 Å².